The number of aliphatic imine (C=N–C) groups is 1. The summed E-state index contributed by atoms with van der Waals surface area (Å²) in [6.45, 7) is 7.16. The average Bonchev–Trinajstić information content (AvgIpc) is 3.16. The molecule has 0 aromatic carbocycles. The van der Waals surface area contributed by atoms with Crippen LogP contribution >= 0.6 is 24.0 Å². The number of nitrogens with zero attached hydrogens (tertiary/aromatic N) is 5. The second-order valence-corrected chi connectivity index (χ2v) is 6.61. The molecular formula is C17H31IN6. The van der Waals surface area contributed by atoms with Crippen LogP contribution < -0.4 is 5.32 Å². The van der Waals surface area contributed by atoms with E-state index in [9.17, 15) is 0 Å². The lowest BCUT2D eigenvalue weighted by Gasteiger charge is -2.21. The van der Waals surface area contributed by atoms with E-state index < -0.39 is 0 Å². The van der Waals surface area contributed by atoms with Gasteiger partial charge < -0.3 is 14.8 Å². The molecule has 0 amide bonds. The molecule has 0 atom stereocenters. The number of hydrogen-bond acceptors (Lipinski definition) is 3. The number of halogens is 1. The molecule has 2 aliphatic rings. The number of fused-ring (bicyclic) bond motifs is 1. The van der Waals surface area contributed by atoms with Gasteiger partial charge in [-0.3, -0.25) is 0 Å². The molecule has 0 aliphatic carbocycles. The van der Waals surface area contributed by atoms with Gasteiger partial charge in [0.25, 0.3) is 0 Å². The van der Waals surface area contributed by atoms with Crippen molar-refractivity contribution >= 4 is 29.9 Å². The van der Waals surface area contributed by atoms with Crippen molar-refractivity contribution in [1.82, 2.24) is 25.0 Å². The molecule has 136 valence electrons. The van der Waals surface area contributed by atoms with Crippen LogP contribution in [0.2, 0.25) is 0 Å². The first-order valence-electron chi connectivity index (χ1n) is 9.32. The summed E-state index contributed by atoms with van der Waals surface area (Å²) >= 11 is 0. The molecule has 24 heavy (non-hydrogen) atoms. The van der Waals surface area contributed by atoms with E-state index in [0.29, 0.717) is 6.54 Å². The molecule has 2 aliphatic heterocycles. The van der Waals surface area contributed by atoms with Crippen molar-refractivity contribution in [3.63, 3.8) is 0 Å². The van der Waals surface area contributed by atoms with Gasteiger partial charge in [-0.05, 0) is 32.1 Å². The molecule has 3 rings (SSSR count). The first kappa shape index (κ1) is 19.5. The number of aryl methyl sites for hydroxylation is 1. The van der Waals surface area contributed by atoms with E-state index in [1.807, 2.05) is 0 Å². The SMILES string of the molecule is CCCCNC(=NCc1nnc2n1CCCCC2)N1CCCC1.I. The lowest BCUT2D eigenvalue weighted by Crippen LogP contribution is -2.40. The third-order valence-electron chi connectivity index (χ3n) is 4.78. The maximum Gasteiger partial charge on any atom is 0.194 e. The third kappa shape index (κ3) is 5.07. The zero-order chi connectivity index (χ0) is 15.9. The van der Waals surface area contributed by atoms with Crippen LogP contribution in [0, 0.1) is 0 Å². The second-order valence-electron chi connectivity index (χ2n) is 6.61. The average molecular weight is 446 g/mol. The van der Waals surface area contributed by atoms with Gasteiger partial charge in [0.2, 0.25) is 0 Å². The number of rotatable bonds is 5. The Morgan fingerprint density at radius 3 is 2.67 bits per heavy atom. The maximum atomic E-state index is 4.87. The van der Waals surface area contributed by atoms with Crippen LogP contribution in [0.1, 0.15) is 63.5 Å². The molecule has 0 saturated carbocycles. The van der Waals surface area contributed by atoms with Crippen molar-refractivity contribution in [3.8, 4) is 0 Å². The summed E-state index contributed by atoms with van der Waals surface area (Å²) < 4.78 is 2.30. The Labute approximate surface area is 162 Å². The summed E-state index contributed by atoms with van der Waals surface area (Å²) in [5, 5.41) is 12.3. The quantitative estimate of drug-likeness (QED) is 0.327. The van der Waals surface area contributed by atoms with Crippen LogP contribution in [0.25, 0.3) is 0 Å². The minimum atomic E-state index is 0. The molecule has 1 aromatic heterocycles. The standard InChI is InChI=1S/C17H30N6.HI/c1-2-3-10-18-17(22-11-7-8-12-22)19-14-16-21-20-15-9-5-4-6-13-23(15)16;/h2-14H2,1H3,(H,18,19);1H. The van der Waals surface area contributed by atoms with Gasteiger partial charge in [0.05, 0.1) is 0 Å². The molecular weight excluding hydrogens is 415 g/mol. The van der Waals surface area contributed by atoms with Gasteiger partial charge in [-0.25, -0.2) is 4.99 Å². The first-order chi connectivity index (χ1) is 11.4. The number of likely N-dealkylation sites (tertiary alicyclic amines) is 1. The summed E-state index contributed by atoms with van der Waals surface area (Å²) in [6, 6.07) is 0. The third-order valence-corrected chi connectivity index (χ3v) is 4.78. The molecule has 6 nitrogen and oxygen atoms in total. The molecule has 0 unspecified atom stereocenters. The summed E-state index contributed by atoms with van der Waals surface area (Å²) in [5.41, 5.74) is 0. The highest BCUT2D eigenvalue weighted by Gasteiger charge is 2.17. The minimum Gasteiger partial charge on any atom is -0.356 e. The van der Waals surface area contributed by atoms with Crippen molar-refractivity contribution in [1.29, 1.82) is 0 Å². The van der Waals surface area contributed by atoms with Crippen LogP contribution in [0.15, 0.2) is 4.99 Å². The normalized spacial score (nSPS) is 18.0. The van der Waals surface area contributed by atoms with Crippen LogP contribution in [0.4, 0.5) is 0 Å². The summed E-state index contributed by atoms with van der Waals surface area (Å²) in [7, 11) is 0. The van der Waals surface area contributed by atoms with E-state index in [4.69, 9.17) is 4.99 Å². The van der Waals surface area contributed by atoms with Gasteiger partial charge in [-0.2, -0.15) is 0 Å². The molecule has 0 bridgehead atoms. The smallest absolute Gasteiger partial charge is 0.194 e. The first-order valence-corrected chi connectivity index (χ1v) is 9.32. The predicted octanol–water partition coefficient (Wildman–Crippen LogP) is 2.96. The second kappa shape index (κ2) is 10.2. The Balaban J connectivity index is 0.00000208. The van der Waals surface area contributed by atoms with Gasteiger partial charge in [0.1, 0.15) is 12.4 Å². The lowest BCUT2D eigenvalue weighted by molar-refractivity contribution is 0.488. The van der Waals surface area contributed by atoms with Gasteiger partial charge in [-0.15, -0.1) is 34.2 Å². The van der Waals surface area contributed by atoms with Crippen molar-refractivity contribution in [2.24, 2.45) is 4.99 Å². The Hall–Kier alpha value is -0.860. The van der Waals surface area contributed by atoms with E-state index in [2.05, 4.69) is 31.9 Å². The molecule has 3 heterocycles. The maximum absolute atomic E-state index is 4.87. The fraction of sp³-hybridized carbons (Fsp3) is 0.824. The summed E-state index contributed by atoms with van der Waals surface area (Å²) in [6.07, 6.45) is 9.76. The van der Waals surface area contributed by atoms with Crippen molar-refractivity contribution < 1.29 is 0 Å². The van der Waals surface area contributed by atoms with Gasteiger partial charge in [0.15, 0.2) is 11.8 Å². The van der Waals surface area contributed by atoms with E-state index in [-0.39, 0.29) is 24.0 Å². The largest absolute Gasteiger partial charge is 0.356 e. The fourth-order valence-electron chi connectivity index (χ4n) is 3.38. The molecule has 1 N–H and O–H groups in total. The highest BCUT2D eigenvalue weighted by atomic mass is 127. The summed E-state index contributed by atoms with van der Waals surface area (Å²) in [5.74, 6) is 3.23. The highest BCUT2D eigenvalue weighted by Crippen LogP contribution is 2.15. The Bertz CT molecular complexity index is 521. The Morgan fingerprint density at radius 2 is 1.88 bits per heavy atom. The molecule has 1 aromatic rings. The number of aromatic nitrogens is 3. The van der Waals surface area contributed by atoms with Crippen LogP contribution in [-0.4, -0.2) is 45.3 Å². The van der Waals surface area contributed by atoms with E-state index >= 15 is 0 Å². The van der Waals surface area contributed by atoms with Crippen LogP contribution in [0.3, 0.4) is 0 Å². The van der Waals surface area contributed by atoms with E-state index in [1.165, 1.54) is 44.9 Å². The topological polar surface area (TPSA) is 58.3 Å². The predicted molar refractivity (Wildman–Crippen MR) is 108 cm³/mol. The van der Waals surface area contributed by atoms with Crippen LogP contribution in [0.5, 0.6) is 0 Å². The molecule has 0 radical (unpaired) electrons. The fourth-order valence-corrected chi connectivity index (χ4v) is 3.38. The number of nitrogens with one attached hydrogen (secondary N) is 1. The highest BCUT2D eigenvalue weighted by molar-refractivity contribution is 14.0. The van der Waals surface area contributed by atoms with Gasteiger partial charge in [-0.1, -0.05) is 19.8 Å². The zero-order valence-corrected chi connectivity index (χ0v) is 17.2. The molecule has 1 fully saturated rings. The zero-order valence-electron chi connectivity index (χ0n) is 14.8. The van der Waals surface area contributed by atoms with Gasteiger partial charge >= 0.3 is 0 Å². The number of hydrogen-bond donors (Lipinski definition) is 1. The van der Waals surface area contributed by atoms with Gasteiger partial charge in [0, 0.05) is 32.6 Å². The lowest BCUT2D eigenvalue weighted by atomic mass is 10.2. The van der Waals surface area contributed by atoms with Crippen molar-refractivity contribution in [3.05, 3.63) is 11.6 Å². The number of unbranched alkanes of at least 4 members (excludes halogenated alkanes) is 1. The van der Waals surface area contributed by atoms with Crippen LogP contribution in [-0.2, 0) is 19.5 Å². The Morgan fingerprint density at radius 1 is 1.08 bits per heavy atom. The molecule has 1 saturated heterocycles. The minimum absolute atomic E-state index is 0. The monoisotopic (exact) mass is 446 g/mol. The van der Waals surface area contributed by atoms with E-state index in [0.717, 1.165) is 50.2 Å². The summed E-state index contributed by atoms with van der Waals surface area (Å²) in [4.78, 5) is 7.25. The van der Waals surface area contributed by atoms with Crippen molar-refractivity contribution in [2.75, 3.05) is 19.6 Å². The van der Waals surface area contributed by atoms with E-state index in [1.54, 1.807) is 0 Å². The number of guanidine groups is 1. The molecule has 7 heteroatoms. The Kier molecular flexibility index (Phi) is 8.28. The van der Waals surface area contributed by atoms with Crippen molar-refractivity contribution in [2.45, 2.75) is 71.4 Å². The molecule has 0 spiro atoms.